The second-order valence-corrected chi connectivity index (χ2v) is 7.04. The SMILES string of the molecule is CC(O)(c1ccc(I)cc1)c1ccccc1C1CCC1. The van der Waals surface area contributed by atoms with E-state index >= 15 is 0 Å². The predicted molar refractivity (Wildman–Crippen MR) is 90.9 cm³/mol. The highest BCUT2D eigenvalue weighted by Crippen LogP contribution is 2.42. The van der Waals surface area contributed by atoms with E-state index in [0.717, 1.165) is 11.1 Å². The topological polar surface area (TPSA) is 20.2 Å². The standard InChI is InChI=1S/C18H19IO/c1-18(20,14-9-11-15(19)12-10-14)17-8-3-2-7-16(17)13-5-4-6-13/h2-3,7-13,20H,4-6H2,1H3. The van der Waals surface area contributed by atoms with Gasteiger partial charge in [-0.25, -0.2) is 0 Å². The molecule has 0 heterocycles. The molecule has 1 unspecified atom stereocenters. The van der Waals surface area contributed by atoms with Gasteiger partial charge in [0.25, 0.3) is 0 Å². The van der Waals surface area contributed by atoms with Crippen molar-refractivity contribution >= 4 is 22.6 Å². The van der Waals surface area contributed by atoms with Crippen LogP contribution in [0, 0.1) is 3.57 Å². The molecule has 1 fully saturated rings. The molecule has 1 saturated carbocycles. The third kappa shape index (κ3) is 2.51. The third-order valence-corrected chi connectivity index (χ3v) is 5.16. The van der Waals surface area contributed by atoms with Gasteiger partial charge in [-0.1, -0.05) is 42.8 Å². The van der Waals surface area contributed by atoms with E-state index in [1.165, 1.54) is 28.4 Å². The van der Waals surface area contributed by atoms with Gasteiger partial charge in [0.15, 0.2) is 0 Å². The Balaban J connectivity index is 2.04. The molecule has 1 aliphatic rings. The van der Waals surface area contributed by atoms with E-state index in [2.05, 4.69) is 52.9 Å². The van der Waals surface area contributed by atoms with Crippen LogP contribution in [-0.4, -0.2) is 5.11 Å². The Bertz CT molecular complexity index is 597. The van der Waals surface area contributed by atoms with Gasteiger partial charge in [-0.2, -0.15) is 0 Å². The second-order valence-electron chi connectivity index (χ2n) is 5.79. The quantitative estimate of drug-likeness (QED) is 0.760. The summed E-state index contributed by atoms with van der Waals surface area (Å²) in [6.07, 6.45) is 3.81. The molecule has 0 bridgehead atoms. The lowest BCUT2D eigenvalue weighted by Crippen LogP contribution is -2.26. The molecule has 104 valence electrons. The Morgan fingerprint density at radius 3 is 2.30 bits per heavy atom. The molecule has 1 atom stereocenters. The van der Waals surface area contributed by atoms with Crippen molar-refractivity contribution in [2.45, 2.75) is 37.7 Å². The molecule has 0 aromatic heterocycles. The lowest BCUT2D eigenvalue weighted by Gasteiger charge is -2.33. The first kappa shape index (κ1) is 14.1. The molecule has 1 N–H and O–H groups in total. The minimum absolute atomic E-state index is 0.626. The van der Waals surface area contributed by atoms with Gasteiger partial charge in [0.2, 0.25) is 0 Å². The fourth-order valence-corrected chi connectivity index (χ4v) is 3.31. The number of halogens is 1. The van der Waals surface area contributed by atoms with Crippen LogP contribution in [-0.2, 0) is 5.60 Å². The smallest absolute Gasteiger partial charge is 0.112 e. The summed E-state index contributed by atoms with van der Waals surface area (Å²) in [5, 5.41) is 11.1. The molecule has 3 rings (SSSR count). The Labute approximate surface area is 134 Å². The van der Waals surface area contributed by atoms with Gasteiger partial charge in [-0.05, 0) is 77.1 Å². The van der Waals surface area contributed by atoms with E-state index < -0.39 is 5.60 Å². The highest BCUT2D eigenvalue weighted by atomic mass is 127. The van der Waals surface area contributed by atoms with Crippen LogP contribution in [0.3, 0.4) is 0 Å². The van der Waals surface area contributed by atoms with Crippen molar-refractivity contribution in [3.8, 4) is 0 Å². The Hall–Kier alpha value is -0.870. The zero-order chi connectivity index (χ0) is 14.2. The van der Waals surface area contributed by atoms with E-state index in [1.54, 1.807) is 0 Å². The van der Waals surface area contributed by atoms with Crippen LogP contribution < -0.4 is 0 Å². The average Bonchev–Trinajstić information content (AvgIpc) is 2.38. The van der Waals surface area contributed by atoms with Gasteiger partial charge < -0.3 is 5.11 Å². The third-order valence-electron chi connectivity index (χ3n) is 4.44. The molecule has 0 amide bonds. The van der Waals surface area contributed by atoms with Crippen molar-refractivity contribution in [3.05, 3.63) is 68.8 Å². The van der Waals surface area contributed by atoms with Crippen LogP contribution in [0.4, 0.5) is 0 Å². The van der Waals surface area contributed by atoms with Gasteiger partial charge >= 0.3 is 0 Å². The van der Waals surface area contributed by atoms with Crippen molar-refractivity contribution in [2.24, 2.45) is 0 Å². The van der Waals surface area contributed by atoms with E-state index in [4.69, 9.17) is 0 Å². The first-order valence-electron chi connectivity index (χ1n) is 7.17. The first-order valence-corrected chi connectivity index (χ1v) is 8.25. The van der Waals surface area contributed by atoms with E-state index in [1.807, 2.05) is 25.1 Å². The molecular formula is C18H19IO. The number of aliphatic hydroxyl groups is 1. The number of benzene rings is 2. The van der Waals surface area contributed by atoms with Crippen LogP contribution in [0.1, 0.15) is 48.8 Å². The van der Waals surface area contributed by atoms with Crippen molar-refractivity contribution < 1.29 is 5.11 Å². The maximum atomic E-state index is 11.1. The largest absolute Gasteiger partial charge is 0.381 e. The maximum absolute atomic E-state index is 11.1. The van der Waals surface area contributed by atoms with Crippen molar-refractivity contribution in [2.75, 3.05) is 0 Å². The summed E-state index contributed by atoms with van der Waals surface area (Å²) in [7, 11) is 0. The Kier molecular flexibility index (Phi) is 3.87. The van der Waals surface area contributed by atoms with Crippen LogP contribution in [0.25, 0.3) is 0 Å². The first-order chi connectivity index (χ1) is 9.59. The summed E-state index contributed by atoms with van der Waals surface area (Å²) in [5.74, 6) is 0.626. The van der Waals surface area contributed by atoms with Gasteiger partial charge in [-0.15, -0.1) is 0 Å². The molecule has 0 spiro atoms. The summed E-state index contributed by atoms with van der Waals surface area (Å²) in [4.78, 5) is 0. The summed E-state index contributed by atoms with van der Waals surface area (Å²) >= 11 is 2.29. The molecular weight excluding hydrogens is 359 g/mol. The molecule has 20 heavy (non-hydrogen) atoms. The number of hydrogen-bond acceptors (Lipinski definition) is 1. The number of hydrogen-bond donors (Lipinski definition) is 1. The van der Waals surface area contributed by atoms with Crippen LogP contribution in [0.15, 0.2) is 48.5 Å². The zero-order valence-electron chi connectivity index (χ0n) is 11.6. The predicted octanol–water partition coefficient (Wildman–Crippen LogP) is 4.81. The summed E-state index contributed by atoms with van der Waals surface area (Å²) in [5.41, 5.74) is 2.43. The molecule has 0 aliphatic heterocycles. The molecule has 2 aromatic rings. The monoisotopic (exact) mass is 378 g/mol. The second kappa shape index (κ2) is 5.49. The minimum Gasteiger partial charge on any atom is -0.381 e. The van der Waals surface area contributed by atoms with Crippen LogP contribution in [0.5, 0.6) is 0 Å². The van der Waals surface area contributed by atoms with E-state index in [0.29, 0.717) is 5.92 Å². The summed E-state index contributed by atoms with van der Waals surface area (Å²) in [6, 6.07) is 16.5. The molecule has 2 aromatic carbocycles. The van der Waals surface area contributed by atoms with Gasteiger partial charge in [0.1, 0.15) is 5.60 Å². The fourth-order valence-electron chi connectivity index (χ4n) is 2.95. The van der Waals surface area contributed by atoms with Gasteiger partial charge in [0.05, 0.1) is 0 Å². The molecule has 0 radical (unpaired) electrons. The normalized spacial score (nSPS) is 18.4. The maximum Gasteiger partial charge on any atom is 0.112 e. The zero-order valence-corrected chi connectivity index (χ0v) is 13.8. The van der Waals surface area contributed by atoms with Gasteiger partial charge in [0, 0.05) is 3.57 Å². The average molecular weight is 378 g/mol. The summed E-state index contributed by atoms with van der Waals surface area (Å²) in [6.45, 7) is 1.91. The van der Waals surface area contributed by atoms with Crippen molar-refractivity contribution in [1.82, 2.24) is 0 Å². The molecule has 1 nitrogen and oxygen atoms in total. The lowest BCUT2D eigenvalue weighted by atomic mass is 9.74. The van der Waals surface area contributed by atoms with Gasteiger partial charge in [-0.3, -0.25) is 0 Å². The Morgan fingerprint density at radius 2 is 1.70 bits per heavy atom. The van der Waals surface area contributed by atoms with Crippen molar-refractivity contribution in [1.29, 1.82) is 0 Å². The van der Waals surface area contributed by atoms with E-state index in [9.17, 15) is 5.11 Å². The summed E-state index contributed by atoms with van der Waals surface area (Å²) < 4.78 is 1.19. The van der Waals surface area contributed by atoms with E-state index in [-0.39, 0.29) is 0 Å². The molecule has 1 aliphatic carbocycles. The lowest BCUT2D eigenvalue weighted by molar-refractivity contribution is 0.100. The highest BCUT2D eigenvalue weighted by Gasteiger charge is 2.31. The fraction of sp³-hybridized carbons (Fsp3) is 0.333. The molecule has 2 heteroatoms. The highest BCUT2D eigenvalue weighted by molar-refractivity contribution is 14.1. The number of rotatable bonds is 3. The Morgan fingerprint density at radius 1 is 1.05 bits per heavy atom. The van der Waals surface area contributed by atoms with Crippen molar-refractivity contribution in [3.63, 3.8) is 0 Å². The minimum atomic E-state index is -0.920. The van der Waals surface area contributed by atoms with Crippen LogP contribution >= 0.6 is 22.6 Å². The molecule has 0 saturated heterocycles. The van der Waals surface area contributed by atoms with Crippen LogP contribution in [0.2, 0.25) is 0 Å².